The summed E-state index contributed by atoms with van der Waals surface area (Å²) in [6.45, 7) is 7.76. The Morgan fingerprint density at radius 3 is 2.90 bits per heavy atom. The van der Waals surface area contributed by atoms with Gasteiger partial charge in [0, 0.05) is 11.8 Å². The van der Waals surface area contributed by atoms with Gasteiger partial charge >= 0.3 is 0 Å². The Morgan fingerprint density at radius 2 is 2.20 bits per heavy atom. The molecule has 5 heteroatoms. The molecular weight excluding hydrogens is 270 g/mol. The van der Waals surface area contributed by atoms with Gasteiger partial charge in [0.2, 0.25) is 0 Å². The molecule has 0 radical (unpaired) electrons. The summed E-state index contributed by atoms with van der Waals surface area (Å²) in [7, 11) is 0. The Morgan fingerprint density at radius 1 is 1.40 bits per heavy atom. The molecule has 1 aromatic heterocycles. The van der Waals surface area contributed by atoms with Crippen LogP contribution >= 0.6 is 11.8 Å². The molecule has 1 aromatic carbocycles. The molecular formula is C15H23N3OS. The summed E-state index contributed by atoms with van der Waals surface area (Å²) in [6, 6.07) is 5.95. The second kappa shape index (κ2) is 6.50. The Kier molecular flexibility index (Phi) is 4.94. The largest absolute Gasteiger partial charge is 0.494 e. The molecule has 0 unspecified atom stereocenters. The van der Waals surface area contributed by atoms with Crippen molar-refractivity contribution in [2.24, 2.45) is 11.1 Å². The van der Waals surface area contributed by atoms with Crippen molar-refractivity contribution in [3.63, 3.8) is 0 Å². The molecule has 110 valence electrons. The van der Waals surface area contributed by atoms with Gasteiger partial charge in [-0.15, -0.1) is 0 Å². The zero-order valence-electron chi connectivity index (χ0n) is 12.4. The summed E-state index contributed by atoms with van der Waals surface area (Å²) >= 11 is 1.74. The van der Waals surface area contributed by atoms with Crippen molar-refractivity contribution in [1.29, 1.82) is 0 Å². The molecule has 0 atom stereocenters. The molecule has 20 heavy (non-hydrogen) atoms. The van der Waals surface area contributed by atoms with Crippen LogP contribution in [0.5, 0.6) is 5.75 Å². The first-order valence-electron chi connectivity index (χ1n) is 6.99. The van der Waals surface area contributed by atoms with Gasteiger partial charge in [0.25, 0.3) is 0 Å². The van der Waals surface area contributed by atoms with E-state index in [2.05, 4.69) is 23.8 Å². The number of nitrogens with zero attached hydrogens (tertiary/aromatic N) is 1. The number of benzene rings is 1. The highest BCUT2D eigenvalue weighted by Gasteiger charge is 2.15. The van der Waals surface area contributed by atoms with Crippen molar-refractivity contribution in [1.82, 2.24) is 9.97 Å². The van der Waals surface area contributed by atoms with Crippen molar-refractivity contribution < 1.29 is 4.74 Å². The summed E-state index contributed by atoms with van der Waals surface area (Å²) in [6.07, 6.45) is 1.08. The fourth-order valence-electron chi connectivity index (χ4n) is 1.82. The van der Waals surface area contributed by atoms with Crippen molar-refractivity contribution in [3.05, 3.63) is 18.2 Å². The van der Waals surface area contributed by atoms with Crippen LogP contribution in [0.3, 0.4) is 0 Å². The van der Waals surface area contributed by atoms with Crippen LogP contribution in [-0.4, -0.2) is 28.9 Å². The van der Waals surface area contributed by atoms with E-state index in [4.69, 9.17) is 10.5 Å². The first kappa shape index (κ1) is 15.2. The number of ether oxygens (including phenoxy) is 1. The quantitative estimate of drug-likeness (QED) is 0.768. The van der Waals surface area contributed by atoms with Crippen LogP contribution in [0.2, 0.25) is 0 Å². The number of fused-ring (bicyclic) bond motifs is 1. The summed E-state index contributed by atoms with van der Waals surface area (Å²) in [5, 5.41) is 0.960. The average Bonchev–Trinajstić information content (AvgIpc) is 2.81. The van der Waals surface area contributed by atoms with Gasteiger partial charge in [0.05, 0.1) is 17.6 Å². The number of hydrogen-bond donors (Lipinski definition) is 2. The number of aromatic nitrogens is 2. The molecule has 0 aliphatic carbocycles. The maximum Gasteiger partial charge on any atom is 0.166 e. The highest BCUT2D eigenvalue weighted by molar-refractivity contribution is 7.99. The van der Waals surface area contributed by atoms with Crippen LogP contribution in [0.4, 0.5) is 0 Å². The molecule has 0 aliphatic rings. The van der Waals surface area contributed by atoms with Crippen LogP contribution in [0.25, 0.3) is 11.0 Å². The summed E-state index contributed by atoms with van der Waals surface area (Å²) < 4.78 is 5.50. The van der Waals surface area contributed by atoms with Gasteiger partial charge in [0.1, 0.15) is 5.75 Å². The van der Waals surface area contributed by atoms with Crippen molar-refractivity contribution in [3.8, 4) is 5.75 Å². The van der Waals surface area contributed by atoms with E-state index in [1.54, 1.807) is 11.8 Å². The van der Waals surface area contributed by atoms with Gasteiger partial charge in [0.15, 0.2) is 5.16 Å². The van der Waals surface area contributed by atoms with Gasteiger partial charge in [-0.25, -0.2) is 4.98 Å². The number of thioether (sulfide) groups is 1. The zero-order valence-corrected chi connectivity index (χ0v) is 13.2. The molecule has 0 fully saturated rings. The number of nitrogens with two attached hydrogens (primary N) is 1. The Hall–Kier alpha value is -1.20. The minimum Gasteiger partial charge on any atom is -0.494 e. The predicted octanol–water partition coefficient (Wildman–Crippen LogP) is 3.43. The monoisotopic (exact) mass is 293 g/mol. The van der Waals surface area contributed by atoms with Crippen molar-refractivity contribution in [2.45, 2.75) is 32.3 Å². The van der Waals surface area contributed by atoms with E-state index in [1.165, 1.54) is 0 Å². The van der Waals surface area contributed by atoms with Gasteiger partial charge in [-0.3, -0.25) is 0 Å². The number of hydrogen-bond acceptors (Lipinski definition) is 4. The lowest BCUT2D eigenvalue weighted by atomic mass is 9.91. The van der Waals surface area contributed by atoms with Crippen LogP contribution in [0, 0.1) is 5.41 Å². The minimum absolute atomic E-state index is 0.196. The first-order chi connectivity index (χ1) is 9.54. The fourth-order valence-corrected chi connectivity index (χ4v) is 3.01. The van der Waals surface area contributed by atoms with E-state index < -0.39 is 0 Å². The molecule has 0 bridgehead atoms. The molecule has 2 aromatic rings. The fraction of sp³-hybridized carbons (Fsp3) is 0.533. The van der Waals surface area contributed by atoms with Gasteiger partial charge in [-0.05, 0) is 37.4 Å². The lowest BCUT2D eigenvalue weighted by Gasteiger charge is -2.21. The molecule has 0 aliphatic heterocycles. The number of aromatic amines is 1. The van der Waals surface area contributed by atoms with Crippen LogP contribution in [0.1, 0.15) is 27.2 Å². The van der Waals surface area contributed by atoms with E-state index in [-0.39, 0.29) is 5.41 Å². The van der Waals surface area contributed by atoms with Crippen molar-refractivity contribution >= 4 is 22.8 Å². The highest BCUT2D eigenvalue weighted by atomic mass is 32.2. The van der Waals surface area contributed by atoms with E-state index in [1.807, 2.05) is 25.1 Å². The third-order valence-corrected chi connectivity index (χ3v) is 4.19. The summed E-state index contributed by atoms with van der Waals surface area (Å²) in [5.74, 6) is 1.90. The molecule has 0 saturated carbocycles. The van der Waals surface area contributed by atoms with Crippen LogP contribution in [-0.2, 0) is 0 Å². The van der Waals surface area contributed by atoms with E-state index in [0.29, 0.717) is 13.2 Å². The standard InChI is InChI=1S/C15H23N3OS/c1-4-19-11-5-6-12-13(9-11)18-14(17-12)20-8-7-15(2,3)10-16/h5-6,9H,4,7-8,10,16H2,1-3H3,(H,17,18). The molecule has 0 amide bonds. The lowest BCUT2D eigenvalue weighted by Crippen LogP contribution is -2.24. The lowest BCUT2D eigenvalue weighted by molar-refractivity contribution is 0.340. The van der Waals surface area contributed by atoms with Gasteiger partial charge in [-0.2, -0.15) is 0 Å². The maximum atomic E-state index is 5.75. The second-order valence-corrected chi connectivity index (χ2v) is 6.70. The summed E-state index contributed by atoms with van der Waals surface area (Å²) in [4.78, 5) is 7.92. The molecule has 0 spiro atoms. The average molecular weight is 293 g/mol. The molecule has 0 saturated heterocycles. The predicted molar refractivity (Wildman–Crippen MR) is 85.4 cm³/mol. The smallest absolute Gasteiger partial charge is 0.166 e. The Labute approximate surface area is 124 Å². The Balaban J connectivity index is 2.01. The van der Waals surface area contributed by atoms with Crippen LogP contribution in [0.15, 0.2) is 23.4 Å². The molecule has 2 rings (SSSR count). The van der Waals surface area contributed by atoms with E-state index in [9.17, 15) is 0 Å². The number of imidazole rings is 1. The van der Waals surface area contributed by atoms with Gasteiger partial charge in [-0.1, -0.05) is 25.6 Å². The van der Waals surface area contributed by atoms with Gasteiger partial charge < -0.3 is 15.5 Å². The number of rotatable bonds is 7. The van der Waals surface area contributed by atoms with E-state index >= 15 is 0 Å². The van der Waals surface area contributed by atoms with Crippen LogP contribution < -0.4 is 10.5 Å². The topological polar surface area (TPSA) is 63.9 Å². The second-order valence-electron chi connectivity index (χ2n) is 5.62. The first-order valence-corrected chi connectivity index (χ1v) is 7.98. The Bertz CT molecular complexity index is 565. The third kappa shape index (κ3) is 3.90. The number of H-pyrrole nitrogens is 1. The number of nitrogens with one attached hydrogen (secondary N) is 1. The molecule has 4 nitrogen and oxygen atoms in total. The summed E-state index contributed by atoms with van der Waals surface area (Å²) in [5.41, 5.74) is 7.95. The third-order valence-electron chi connectivity index (χ3n) is 3.31. The molecule has 3 N–H and O–H groups in total. The molecule has 1 heterocycles. The normalized spacial score (nSPS) is 12.0. The maximum absolute atomic E-state index is 5.75. The minimum atomic E-state index is 0.196. The highest BCUT2D eigenvalue weighted by Crippen LogP contribution is 2.27. The van der Waals surface area contributed by atoms with Crippen molar-refractivity contribution in [2.75, 3.05) is 18.9 Å². The SMILES string of the molecule is CCOc1ccc2nc(SCCC(C)(C)CN)[nH]c2c1. The van der Waals surface area contributed by atoms with E-state index in [0.717, 1.165) is 34.1 Å². The zero-order chi connectivity index (χ0) is 14.6.